The summed E-state index contributed by atoms with van der Waals surface area (Å²) in [6.45, 7) is 0.263. The number of nitrogen functional groups attached to an aromatic ring is 1. The molecule has 0 fully saturated rings. The Bertz CT molecular complexity index is 526. The SMILES string of the molecule is Nc1cccc(C(=O)O)c1OCc1cncs1. The average Bonchev–Trinajstić information content (AvgIpc) is 2.80. The molecule has 0 saturated heterocycles. The van der Waals surface area contributed by atoms with Crippen molar-refractivity contribution in [1.29, 1.82) is 0 Å². The fourth-order valence-corrected chi connectivity index (χ4v) is 1.85. The largest absolute Gasteiger partial charge is 0.485 e. The van der Waals surface area contributed by atoms with Gasteiger partial charge in [-0.1, -0.05) is 6.07 Å². The van der Waals surface area contributed by atoms with Crippen molar-refractivity contribution in [3.8, 4) is 5.75 Å². The Labute approximate surface area is 101 Å². The summed E-state index contributed by atoms with van der Waals surface area (Å²) in [7, 11) is 0. The van der Waals surface area contributed by atoms with Crippen molar-refractivity contribution in [3.05, 3.63) is 40.3 Å². The molecule has 5 nitrogen and oxygen atoms in total. The predicted octanol–water partition coefficient (Wildman–Crippen LogP) is 2.00. The number of rotatable bonds is 4. The van der Waals surface area contributed by atoms with Crippen LogP contribution in [-0.2, 0) is 6.61 Å². The quantitative estimate of drug-likeness (QED) is 0.810. The number of nitrogens with zero attached hydrogens (tertiary/aromatic N) is 1. The molecule has 2 aromatic rings. The van der Waals surface area contributed by atoms with Crippen molar-refractivity contribution in [2.45, 2.75) is 6.61 Å². The van der Waals surface area contributed by atoms with E-state index in [4.69, 9.17) is 15.6 Å². The van der Waals surface area contributed by atoms with Gasteiger partial charge in [-0.3, -0.25) is 4.98 Å². The second kappa shape index (κ2) is 4.84. The van der Waals surface area contributed by atoms with E-state index in [1.54, 1.807) is 23.8 Å². The molecule has 0 radical (unpaired) electrons. The molecule has 0 aliphatic carbocycles. The van der Waals surface area contributed by atoms with Crippen molar-refractivity contribution < 1.29 is 14.6 Å². The Balaban J connectivity index is 2.22. The zero-order chi connectivity index (χ0) is 12.3. The first-order valence-corrected chi connectivity index (χ1v) is 5.68. The van der Waals surface area contributed by atoms with Gasteiger partial charge in [0.25, 0.3) is 0 Å². The second-order valence-electron chi connectivity index (χ2n) is 3.29. The summed E-state index contributed by atoms with van der Waals surface area (Å²) in [5, 5.41) is 9.00. The molecule has 0 atom stereocenters. The third-order valence-electron chi connectivity index (χ3n) is 2.12. The van der Waals surface area contributed by atoms with Crippen LogP contribution >= 0.6 is 11.3 Å². The number of thiazole rings is 1. The van der Waals surface area contributed by atoms with E-state index in [1.807, 2.05) is 0 Å². The number of carboxylic acids is 1. The Hall–Kier alpha value is -2.08. The minimum Gasteiger partial charge on any atom is -0.485 e. The molecule has 3 N–H and O–H groups in total. The third-order valence-corrected chi connectivity index (χ3v) is 2.87. The molecule has 1 heterocycles. The van der Waals surface area contributed by atoms with E-state index in [1.165, 1.54) is 17.4 Å². The molecule has 2 rings (SSSR count). The summed E-state index contributed by atoms with van der Waals surface area (Å²) in [6.07, 6.45) is 1.67. The minimum atomic E-state index is -1.06. The highest BCUT2D eigenvalue weighted by molar-refractivity contribution is 7.09. The Morgan fingerprint density at radius 2 is 2.35 bits per heavy atom. The maximum Gasteiger partial charge on any atom is 0.339 e. The van der Waals surface area contributed by atoms with Crippen LogP contribution in [0.1, 0.15) is 15.2 Å². The van der Waals surface area contributed by atoms with Gasteiger partial charge in [0.05, 0.1) is 16.1 Å². The Morgan fingerprint density at radius 3 is 3.00 bits per heavy atom. The van der Waals surface area contributed by atoms with Crippen LogP contribution in [0.5, 0.6) is 5.75 Å². The minimum absolute atomic E-state index is 0.0644. The van der Waals surface area contributed by atoms with Crippen LogP contribution in [0.3, 0.4) is 0 Å². The van der Waals surface area contributed by atoms with Crippen molar-refractivity contribution in [2.75, 3.05) is 5.73 Å². The van der Waals surface area contributed by atoms with Gasteiger partial charge < -0.3 is 15.6 Å². The van der Waals surface area contributed by atoms with Gasteiger partial charge in [0.1, 0.15) is 12.2 Å². The second-order valence-corrected chi connectivity index (χ2v) is 4.26. The molecular weight excluding hydrogens is 240 g/mol. The van der Waals surface area contributed by atoms with Crippen LogP contribution in [-0.4, -0.2) is 16.1 Å². The molecule has 1 aromatic heterocycles. The number of aromatic carboxylic acids is 1. The first-order chi connectivity index (χ1) is 8.18. The molecule has 6 heteroatoms. The van der Waals surface area contributed by atoms with Gasteiger partial charge in [-0.15, -0.1) is 11.3 Å². The number of hydrogen-bond donors (Lipinski definition) is 2. The number of hydrogen-bond acceptors (Lipinski definition) is 5. The maximum absolute atomic E-state index is 11.0. The van der Waals surface area contributed by atoms with Crippen LogP contribution in [0, 0.1) is 0 Å². The number of anilines is 1. The van der Waals surface area contributed by atoms with Crippen LogP contribution in [0.4, 0.5) is 5.69 Å². The Kier molecular flexibility index (Phi) is 3.24. The lowest BCUT2D eigenvalue weighted by Gasteiger charge is -2.10. The number of benzene rings is 1. The predicted molar refractivity (Wildman–Crippen MR) is 64.3 cm³/mol. The standard InChI is InChI=1S/C11H10N2O3S/c12-9-3-1-2-8(11(14)15)10(9)16-5-7-4-13-6-17-7/h1-4,6H,5,12H2,(H,14,15). The summed E-state index contributed by atoms with van der Waals surface area (Å²) in [5.74, 6) is -0.856. The van der Waals surface area contributed by atoms with Gasteiger partial charge in [0.15, 0.2) is 5.75 Å². The van der Waals surface area contributed by atoms with Gasteiger partial charge in [-0.05, 0) is 12.1 Å². The monoisotopic (exact) mass is 250 g/mol. The van der Waals surface area contributed by atoms with E-state index in [2.05, 4.69) is 4.98 Å². The lowest BCUT2D eigenvalue weighted by molar-refractivity contribution is 0.0692. The molecule has 0 spiro atoms. The number of aromatic nitrogens is 1. The van der Waals surface area contributed by atoms with Crippen LogP contribution in [0.25, 0.3) is 0 Å². The van der Waals surface area contributed by atoms with Crippen LogP contribution in [0.15, 0.2) is 29.9 Å². The molecule has 0 unspecified atom stereocenters. The van der Waals surface area contributed by atoms with Gasteiger partial charge >= 0.3 is 5.97 Å². The summed E-state index contributed by atoms with van der Waals surface area (Å²) in [6, 6.07) is 4.65. The first kappa shape index (κ1) is 11.4. The molecule has 88 valence electrons. The van der Waals surface area contributed by atoms with Crippen molar-refractivity contribution >= 4 is 23.0 Å². The molecule has 0 saturated carbocycles. The lowest BCUT2D eigenvalue weighted by Crippen LogP contribution is -2.05. The van der Waals surface area contributed by atoms with E-state index in [0.29, 0.717) is 5.69 Å². The molecule has 0 aliphatic heterocycles. The van der Waals surface area contributed by atoms with Crippen molar-refractivity contribution in [3.63, 3.8) is 0 Å². The molecule has 0 amide bonds. The smallest absolute Gasteiger partial charge is 0.339 e. The molecule has 17 heavy (non-hydrogen) atoms. The highest BCUT2D eigenvalue weighted by atomic mass is 32.1. The summed E-state index contributed by atoms with van der Waals surface area (Å²) in [5.41, 5.74) is 7.76. The highest BCUT2D eigenvalue weighted by Gasteiger charge is 2.14. The fourth-order valence-electron chi connectivity index (χ4n) is 1.34. The van der Waals surface area contributed by atoms with E-state index in [9.17, 15) is 4.79 Å². The normalized spacial score (nSPS) is 10.1. The van der Waals surface area contributed by atoms with E-state index in [-0.39, 0.29) is 17.9 Å². The van der Waals surface area contributed by atoms with Gasteiger partial charge in [0.2, 0.25) is 0 Å². The van der Waals surface area contributed by atoms with Gasteiger partial charge in [0, 0.05) is 6.20 Å². The number of ether oxygens (including phenoxy) is 1. The molecular formula is C11H10N2O3S. The third kappa shape index (κ3) is 2.54. The maximum atomic E-state index is 11.0. The van der Waals surface area contributed by atoms with Crippen molar-refractivity contribution in [1.82, 2.24) is 4.98 Å². The summed E-state index contributed by atoms with van der Waals surface area (Å²) in [4.78, 5) is 15.8. The number of carbonyl (C=O) groups is 1. The van der Waals surface area contributed by atoms with Crippen LogP contribution < -0.4 is 10.5 Å². The molecule has 1 aromatic carbocycles. The number of nitrogens with two attached hydrogens (primary N) is 1. The zero-order valence-electron chi connectivity index (χ0n) is 8.79. The summed E-state index contributed by atoms with van der Waals surface area (Å²) < 4.78 is 5.44. The molecule has 0 bridgehead atoms. The highest BCUT2D eigenvalue weighted by Crippen LogP contribution is 2.27. The van der Waals surface area contributed by atoms with E-state index < -0.39 is 5.97 Å². The average molecular weight is 250 g/mol. The lowest BCUT2D eigenvalue weighted by atomic mass is 10.2. The van der Waals surface area contributed by atoms with Gasteiger partial charge in [-0.2, -0.15) is 0 Å². The summed E-state index contributed by atoms with van der Waals surface area (Å²) >= 11 is 1.44. The molecule has 0 aliphatic rings. The van der Waals surface area contributed by atoms with Crippen molar-refractivity contribution in [2.24, 2.45) is 0 Å². The number of para-hydroxylation sites is 1. The zero-order valence-corrected chi connectivity index (χ0v) is 9.61. The first-order valence-electron chi connectivity index (χ1n) is 4.80. The Morgan fingerprint density at radius 1 is 1.53 bits per heavy atom. The van der Waals surface area contributed by atoms with Gasteiger partial charge in [-0.25, -0.2) is 4.79 Å². The number of carboxylic acid groups (broad SMARTS) is 1. The van der Waals surface area contributed by atoms with Crippen LogP contribution in [0.2, 0.25) is 0 Å². The fraction of sp³-hybridized carbons (Fsp3) is 0.0909. The van der Waals surface area contributed by atoms with E-state index >= 15 is 0 Å². The van der Waals surface area contributed by atoms with E-state index in [0.717, 1.165) is 4.88 Å². The topological polar surface area (TPSA) is 85.4 Å².